The number of piperidine rings is 7. The summed E-state index contributed by atoms with van der Waals surface area (Å²) in [6, 6.07) is 14.0. The van der Waals surface area contributed by atoms with Crippen LogP contribution in [-0.4, -0.2) is 173 Å². The molecule has 0 bridgehead atoms. The predicted molar refractivity (Wildman–Crippen MR) is 539 cm³/mol. The Labute approximate surface area is 872 Å². The summed E-state index contributed by atoms with van der Waals surface area (Å²) < 4.78 is 184. The number of nitrogens with one attached hydrogen (secondary N) is 7. The molecule has 782 valence electrons. The van der Waals surface area contributed by atoms with Crippen molar-refractivity contribution in [2.45, 2.75) is 377 Å². The van der Waals surface area contributed by atoms with Gasteiger partial charge in [-0.15, -0.1) is 79.4 Å². The Morgan fingerprint density at radius 2 is 0.660 bits per heavy atom. The fourth-order valence-corrected chi connectivity index (χ4v) is 36.1. The van der Waals surface area contributed by atoms with Gasteiger partial charge >= 0.3 is 18.3 Å². The zero-order valence-electron chi connectivity index (χ0n) is 80.9. The second-order valence-electron chi connectivity index (χ2n) is 42.9. The lowest BCUT2D eigenvalue weighted by atomic mass is 9.78. The van der Waals surface area contributed by atoms with E-state index >= 15 is 0 Å². The number of methoxy groups -OCH3 is 1. The maximum atomic E-state index is 13.5. The van der Waals surface area contributed by atoms with Crippen LogP contribution in [0.15, 0.2) is 36.4 Å². The molecule has 7 saturated heterocycles. The Balaban J connectivity index is 0.000000109. The van der Waals surface area contributed by atoms with Crippen molar-refractivity contribution in [3.05, 3.63) is 146 Å². The molecule has 24 rings (SSSR count). The van der Waals surface area contributed by atoms with Gasteiger partial charge in [0.25, 0.3) is 11.8 Å². The van der Waals surface area contributed by atoms with E-state index in [4.69, 9.17) is 95.9 Å². The molecule has 7 aromatic rings. The summed E-state index contributed by atoms with van der Waals surface area (Å²) in [4.78, 5) is 18.4. The molecule has 14 aliphatic heterocycles. The van der Waals surface area contributed by atoms with Gasteiger partial charge in [0.2, 0.25) is 0 Å². The third-order valence-corrected chi connectivity index (χ3v) is 41.8. The number of hydrogen-bond acceptors (Lipinski definition) is 25. The molecule has 9 N–H and O–H groups in total. The van der Waals surface area contributed by atoms with Crippen LogP contribution in [0.25, 0.3) is 0 Å². The first-order valence-corrected chi connectivity index (χ1v) is 57.5. The molecule has 18 nitrogen and oxygen atoms in total. The van der Waals surface area contributed by atoms with E-state index in [9.17, 15) is 58.9 Å². The van der Waals surface area contributed by atoms with Crippen molar-refractivity contribution in [1.82, 2.24) is 37.2 Å². The topological polar surface area (TPSA) is 216 Å². The minimum absolute atomic E-state index is 0.00548. The van der Waals surface area contributed by atoms with Gasteiger partial charge in [-0.25, -0.2) is 17.6 Å². The summed E-state index contributed by atoms with van der Waals surface area (Å²) in [6.07, 6.45) is 10.9. The first-order valence-electron chi connectivity index (χ1n) is 49.9. The van der Waals surface area contributed by atoms with E-state index in [1.54, 1.807) is 56.7 Å². The van der Waals surface area contributed by atoms with Gasteiger partial charge in [-0.3, -0.25) is 4.79 Å². The van der Waals surface area contributed by atoms with Crippen molar-refractivity contribution in [1.29, 1.82) is 0 Å². The van der Waals surface area contributed by atoms with Gasteiger partial charge in [0.05, 0.1) is 88.3 Å². The molecule has 3 aliphatic carbocycles. The third-order valence-electron chi connectivity index (χ3n) is 31.4. The van der Waals surface area contributed by atoms with Gasteiger partial charge in [-0.05, 0) is 285 Å². The van der Waals surface area contributed by atoms with Crippen molar-refractivity contribution in [2.75, 3.05) is 60.0 Å². The minimum atomic E-state index is -4.43. The summed E-state index contributed by atoms with van der Waals surface area (Å²) in [5, 5.41) is 42.9. The maximum absolute atomic E-state index is 13.5. The van der Waals surface area contributed by atoms with Crippen LogP contribution in [-0.2, 0) is 146 Å². The van der Waals surface area contributed by atoms with Crippen LogP contribution in [0.1, 0.15) is 266 Å². The monoisotopic (exact) mass is 2210 g/mol. The van der Waals surface area contributed by atoms with Crippen molar-refractivity contribution >= 4 is 143 Å². The first-order chi connectivity index (χ1) is 66.7. The molecular weight excluding hydrogens is 2080 g/mol. The quantitative estimate of drug-likeness (QED) is 0.0559. The lowest BCUT2D eigenvalue weighted by Gasteiger charge is -2.46. The lowest BCUT2D eigenvalue weighted by molar-refractivity contribution is -0.151. The Kier molecular flexibility index (Phi) is 32.6. The number of hydrogen-bond donors (Lipinski definition) is 9. The van der Waals surface area contributed by atoms with E-state index in [1.807, 2.05) is 32.0 Å². The lowest BCUT2D eigenvalue weighted by Crippen LogP contribution is -2.56. The van der Waals surface area contributed by atoms with E-state index in [0.29, 0.717) is 107 Å². The van der Waals surface area contributed by atoms with E-state index in [2.05, 4.69) is 97.8 Å². The van der Waals surface area contributed by atoms with E-state index in [0.717, 1.165) is 164 Å². The highest BCUT2D eigenvalue weighted by Gasteiger charge is 2.65. The van der Waals surface area contributed by atoms with Crippen LogP contribution >= 0.6 is 137 Å². The van der Waals surface area contributed by atoms with Gasteiger partial charge in [0.1, 0.15) is 55.0 Å². The number of carbonyl (C=O) groups is 1. The van der Waals surface area contributed by atoms with Crippen LogP contribution in [0.5, 0.6) is 0 Å². The maximum Gasteiger partial charge on any atom is 0.425 e. The fourth-order valence-electron chi connectivity index (χ4n) is 26.1. The highest BCUT2D eigenvalue weighted by Crippen LogP contribution is 2.62. The largest absolute Gasteiger partial charge is 0.468 e. The molecule has 17 unspecified atom stereocenters. The standard InChI is InChI=1S/2C15H18ClF2NOS.C15H20ClNOS.C15H20F3NO2S.C14H18ClNO3S.C14H18F3NOS.C13H18ClNO2S/c2*1-8-5-14(7-11(19-8)10-6-15(10,17)18)13-9(2-3-20-14)4-12(16)21-13;1-9-7-15(8-12(17-9)10-2-3-10)14-11(4-5-18-15)6-13(16)19-14;1-8-5-14(6-9(2)19-8)12-10(3-4-21-14)11(7-20)13(22-12)15(16,17)18;1-8-6-14(7-10(16-8)13(17)18-2)12-9(3-4-19-14)5-11(15)20-12;1-8-6-13(7-9(2)18-8)12-10(3-4-19-13)5-11(20-12)14(15,16)17;1-8-5-13(6-10(7-16)15-8)12-9(2-3-17-13)4-11(14)18-12/h2*4,8,10-11,19H,2-3,5-7H2,1H3;6,9-10,12,17H,2-5,7-8H2,1H3;8-9,19-20H,3-7H2,1-2H3;5,8,10,16H,3-4,6-7H2,1-2H3;5,8-9,18H,3-4,6-7H2,1-2H3;4,8,10,15-16H,2-3,5-7H2,1H3/t;;;8-,9+,14?;8-,10-,14?;8-,9+,13?;/m....0../s1. The summed E-state index contributed by atoms with van der Waals surface area (Å²) in [7, 11) is 1.42. The highest BCUT2D eigenvalue weighted by molar-refractivity contribution is 7.18. The Bertz CT molecular complexity index is 5460. The molecule has 40 heteroatoms. The first kappa shape index (κ1) is 108. The van der Waals surface area contributed by atoms with Gasteiger partial charge in [0.15, 0.2) is 0 Å². The zero-order valence-corrected chi connectivity index (χ0v) is 90.4. The second kappa shape index (κ2) is 42.5. The number of aliphatic hydroxyl groups excluding tert-OH is 2. The van der Waals surface area contributed by atoms with Crippen LogP contribution in [0.2, 0.25) is 21.7 Å². The number of rotatable bonds is 6. The molecule has 17 aliphatic rings. The van der Waals surface area contributed by atoms with Crippen LogP contribution in [0, 0.1) is 17.8 Å². The average molecular weight is 2210 g/mol. The van der Waals surface area contributed by atoms with Crippen molar-refractivity contribution < 1.29 is 96.8 Å². The summed E-state index contributed by atoms with van der Waals surface area (Å²) in [5.74, 6) is -5.43. The zero-order chi connectivity index (χ0) is 100. The van der Waals surface area contributed by atoms with Gasteiger partial charge in [0, 0.05) is 149 Å². The Morgan fingerprint density at radius 3 is 0.986 bits per heavy atom. The molecule has 7 aromatic heterocycles. The number of carbonyl (C=O) groups excluding carboxylic acids is 1. The van der Waals surface area contributed by atoms with Gasteiger partial charge in [-0.2, -0.15) is 26.3 Å². The molecule has 3 saturated carbocycles. The van der Waals surface area contributed by atoms with E-state index in [-0.39, 0.29) is 109 Å². The molecule has 0 radical (unpaired) electrons. The van der Waals surface area contributed by atoms with Crippen LogP contribution in [0.4, 0.5) is 43.9 Å². The smallest absolute Gasteiger partial charge is 0.425 e. The molecule has 21 heterocycles. The SMILES string of the molecule is CC1CC2(CC(C3CC3(F)F)N1)OCCc1cc(Cl)sc12.CC1CC2(CC(C3CC3(F)F)N1)OCCc1cc(Cl)sc12.CC1CC2(CC(C3CC3)N1)OCCc1cc(Cl)sc12.CC1CC2(CC(CO)N1)OCCc1cc(Cl)sc12.COC(=O)[C@@H]1CC2(C[C@H](C)N1)OCCc1cc(Cl)sc12.C[C@@H]1CC2(C[C@H](C)N1)OCCc1c2sc(C(F)(F)F)c1CO.C[C@@H]1CC2(C[C@H](C)N1)OCCc1cc(C(F)(F)F)sc12. The molecular formula is C101H130Cl5F10N7O11S7. The normalized spacial score (nSPS) is 36.5. The Hall–Kier alpha value is -2.52. The van der Waals surface area contributed by atoms with E-state index < -0.39 is 80.4 Å². The molecule has 10 fully saturated rings. The number of ether oxygens (including phenoxy) is 8. The summed E-state index contributed by atoms with van der Waals surface area (Å²) in [6.45, 7) is 22.9. The number of thiophene rings is 7. The molecule has 0 aromatic carbocycles. The van der Waals surface area contributed by atoms with Crippen molar-refractivity contribution in [2.24, 2.45) is 17.8 Å². The van der Waals surface area contributed by atoms with Crippen LogP contribution in [0.3, 0.4) is 0 Å². The molecule has 0 amide bonds. The van der Waals surface area contributed by atoms with Crippen molar-refractivity contribution in [3.63, 3.8) is 0 Å². The van der Waals surface area contributed by atoms with Gasteiger partial charge < -0.3 is 85.3 Å². The van der Waals surface area contributed by atoms with Gasteiger partial charge in [-0.1, -0.05) is 58.0 Å². The fraction of sp³-hybridized carbons (Fsp3) is 0.713. The number of esters is 1. The number of halogens is 15. The predicted octanol–water partition coefficient (Wildman–Crippen LogP) is 23.3. The summed E-state index contributed by atoms with van der Waals surface area (Å²) >= 11 is 40.6. The second-order valence-corrected chi connectivity index (χ2v) is 53.4. The third kappa shape index (κ3) is 23.2. The van der Waals surface area contributed by atoms with Crippen molar-refractivity contribution in [3.8, 4) is 0 Å². The number of fused-ring (bicyclic) bond motifs is 14. The van der Waals surface area contributed by atoms with Crippen LogP contribution < -0.4 is 37.2 Å². The molecule has 141 heavy (non-hydrogen) atoms. The van der Waals surface area contributed by atoms with E-state index in [1.165, 1.54) is 78.2 Å². The summed E-state index contributed by atoms with van der Waals surface area (Å²) in [5.41, 5.74) is 5.38. The average Bonchev–Trinajstić information content (AvgIpc) is 1.55. The minimum Gasteiger partial charge on any atom is -0.468 e. The Morgan fingerprint density at radius 1 is 0.369 bits per heavy atom. The molecule has 23 atom stereocenters. The molecule has 7 spiro atoms. The number of aliphatic hydroxyl groups is 2. The number of alkyl halides is 10. The highest BCUT2D eigenvalue weighted by atomic mass is 35.5.